The summed E-state index contributed by atoms with van der Waals surface area (Å²) in [5.74, 6) is 1.50. The highest BCUT2D eigenvalue weighted by Crippen LogP contribution is 2.32. The van der Waals surface area contributed by atoms with Crippen LogP contribution in [0.5, 0.6) is 11.5 Å². The van der Waals surface area contributed by atoms with Crippen LogP contribution in [0, 0.1) is 0 Å². The second-order valence-corrected chi connectivity index (χ2v) is 3.06. The molecule has 1 atom stereocenters. The molecule has 2 rings (SSSR count). The largest absolute Gasteiger partial charge is 0.486 e. The van der Waals surface area contributed by atoms with Crippen molar-refractivity contribution in [3.8, 4) is 11.5 Å². The topological polar surface area (TPSA) is 53.7 Å². The Hall–Kier alpha value is -1.26. The number of hydrogen-bond acceptors (Lipinski definition) is 4. The Morgan fingerprint density at radius 1 is 1.29 bits per heavy atom. The summed E-state index contributed by atoms with van der Waals surface area (Å²) in [5.41, 5.74) is 6.59. The molecule has 1 heterocycles. The highest BCUT2D eigenvalue weighted by Gasteiger charge is 2.13. The minimum atomic E-state index is -0.411. The second kappa shape index (κ2) is 3.86. The van der Waals surface area contributed by atoms with Crippen LogP contribution in [0.1, 0.15) is 11.8 Å². The van der Waals surface area contributed by atoms with Gasteiger partial charge in [0.2, 0.25) is 0 Å². The van der Waals surface area contributed by atoms with Gasteiger partial charge in [0, 0.05) is 7.11 Å². The van der Waals surface area contributed by atoms with E-state index in [9.17, 15) is 0 Å². The summed E-state index contributed by atoms with van der Waals surface area (Å²) in [6.07, 6.45) is -0.411. The van der Waals surface area contributed by atoms with E-state index in [1.54, 1.807) is 7.11 Å². The summed E-state index contributed by atoms with van der Waals surface area (Å²) in [6, 6.07) is 5.58. The van der Waals surface area contributed by atoms with Crippen molar-refractivity contribution in [2.24, 2.45) is 5.73 Å². The lowest BCUT2D eigenvalue weighted by Gasteiger charge is -2.20. The van der Waals surface area contributed by atoms with E-state index in [2.05, 4.69) is 0 Å². The van der Waals surface area contributed by atoms with Gasteiger partial charge in [-0.1, -0.05) is 6.07 Å². The summed E-state index contributed by atoms with van der Waals surface area (Å²) >= 11 is 0. The van der Waals surface area contributed by atoms with Crippen LogP contribution in [0.3, 0.4) is 0 Å². The lowest BCUT2D eigenvalue weighted by molar-refractivity contribution is 0.108. The minimum absolute atomic E-state index is 0.411. The van der Waals surface area contributed by atoms with Gasteiger partial charge in [-0.05, 0) is 17.7 Å². The molecule has 76 valence electrons. The number of rotatable bonds is 2. The molecule has 1 aromatic rings. The van der Waals surface area contributed by atoms with Crippen LogP contribution in [-0.2, 0) is 4.74 Å². The van der Waals surface area contributed by atoms with Gasteiger partial charge in [-0.15, -0.1) is 0 Å². The summed E-state index contributed by atoms with van der Waals surface area (Å²) in [4.78, 5) is 0. The molecule has 0 saturated heterocycles. The van der Waals surface area contributed by atoms with E-state index in [0.29, 0.717) is 13.2 Å². The number of fused-ring (bicyclic) bond motifs is 1. The van der Waals surface area contributed by atoms with E-state index in [-0.39, 0.29) is 0 Å². The van der Waals surface area contributed by atoms with E-state index in [0.717, 1.165) is 17.1 Å². The monoisotopic (exact) mass is 195 g/mol. The van der Waals surface area contributed by atoms with Crippen LogP contribution < -0.4 is 15.2 Å². The number of ether oxygens (including phenoxy) is 3. The molecule has 0 fully saturated rings. The van der Waals surface area contributed by atoms with Gasteiger partial charge in [0.15, 0.2) is 11.5 Å². The third-order valence-electron chi connectivity index (χ3n) is 2.15. The van der Waals surface area contributed by atoms with Crippen LogP contribution >= 0.6 is 0 Å². The average Bonchev–Trinajstić information content (AvgIpc) is 2.27. The standard InChI is InChI=1S/C10H13NO3/c1-12-10(11)7-2-3-8-9(6-7)14-5-4-13-8/h2-3,6,10H,4-5,11H2,1H3. The van der Waals surface area contributed by atoms with Gasteiger partial charge in [0.25, 0.3) is 0 Å². The average molecular weight is 195 g/mol. The molecule has 1 aliphatic heterocycles. The van der Waals surface area contributed by atoms with Crippen molar-refractivity contribution in [1.82, 2.24) is 0 Å². The summed E-state index contributed by atoms with van der Waals surface area (Å²) in [5, 5.41) is 0. The van der Waals surface area contributed by atoms with E-state index < -0.39 is 6.23 Å². The SMILES string of the molecule is COC(N)c1ccc2c(c1)OCCO2. The van der Waals surface area contributed by atoms with E-state index in [4.69, 9.17) is 19.9 Å². The van der Waals surface area contributed by atoms with Gasteiger partial charge in [-0.25, -0.2) is 0 Å². The van der Waals surface area contributed by atoms with Gasteiger partial charge < -0.3 is 19.9 Å². The van der Waals surface area contributed by atoms with E-state index in [1.807, 2.05) is 18.2 Å². The van der Waals surface area contributed by atoms with E-state index >= 15 is 0 Å². The van der Waals surface area contributed by atoms with Crippen molar-refractivity contribution in [1.29, 1.82) is 0 Å². The highest BCUT2D eigenvalue weighted by atomic mass is 16.6. The van der Waals surface area contributed by atoms with Gasteiger partial charge >= 0.3 is 0 Å². The summed E-state index contributed by atoms with van der Waals surface area (Å²) in [7, 11) is 1.57. The van der Waals surface area contributed by atoms with Crippen LogP contribution in [0.15, 0.2) is 18.2 Å². The van der Waals surface area contributed by atoms with Crippen LogP contribution in [0.25, 0.3) is 0 Å². The quantitative estimate of drug-likeness (QED) is 0.717. The smallest absolute Gasteiger partial charge is 0.161 e. The molecule has 0 saturated carbocycles. The molecule has 0 radical (unpaired) electrons. The van der Waals surface area contributed by atoms with Crippen molar-refractivity contribution in [3.63, 3.8) is 0 Å². The molecular weight excluding hydrogens is 182 g/mol. The second-order valence-electron chi connectivity index (χ2n) is 3.06. The molecule has 4 heteroatoms. The fourth-order valence-corrected chi connectivity index (χ4v) is 1.37. The van der Waals surface area contributed by atoms with Crippen LogP contribution in [-0.4, -0.2) is 20.3 Å². The Kier molecular flexibility index (Phi) is 2.56. The van der Waals surface area contributed by atoms with Gasteiger partial charge in [-0.3, -0.25) is 0 Å². The zero-order valence-electron chi connectivity index (χ0n) is 8.03. The van der Waals surface area contributed by atoms with Crippen molar-refractivity contribution < 1.29 is 14.2 Å². The Balaban J connectivity index is 2.29. The molecule has 0 bridgehead atoms. The maximum Gasteiger partial charge on any atom is 0.161 e. The first kappa shape index (κ1) is 9.30. The maximum absolute atomic E-state index is 5.71. The fourth-order valence-electron chi connectivity index (χ4n) is 1.37. The summed E-state index contributed by atoms with van der Waals surface area (Å²) in [6.45, 7) is 1.18. The van der Waals surface area contributed by atoms with Crippen molar-refractivity contribution in [3.05, 3.63) is 23.8 Å². The first-order valence-electron chi connectivity index (χ1n) is 4.49. The lowest BCUT2D eigenvalue weighted by Crippen LogP contribution is -2.17. The molecule has 0 spiro atoms. The normalized spacial score (nSPS) is 16.4. The number of methoxy groups -OCH3 is 1. The fraction of sp³-hybridized carbons (Fsp3) is 0.400. The Morgan fingerprint density at radius 2 is 2.00 bits per heavy atom. The number of benzene rings is 1. The highest BCUT2D eigenvalue weighted by molar-refractivity contribution is 5.44. The Bertz CT molecular complexity index is 327. The number of hydrogen-bond donors (Lipinski definition) is 1. The molecule has 0 aliphatic carbocycles. The molecule has 1 unspecified atom stereocenters. The zero-order valence-corrected chi connectivity index (χ0v) is 8.03. The minimum Gasteiger partial charge on any atom is -0.486 e. The summed E-state index contributed by atoms with van der Waals surface area (Å²) < 4.78 is 15.8. The first-order chi connectivity index (χ1) is 6.81. The molecule has 0 aromatic heterocycles. The molecule has 0 amide bonds. The molecule has 1 aliphatic rings. The van der Waals surface area contributed by atoms with Gasteiger partial charge in [0.05, 0.1) is 0 Å². The van der Waals surface area contributed by atoms with Crippen molar-refractivity contribution in [2.75, 3.05) is 20.3 Å². The predicted molar refractivity (Wildman–Crippen MR) is 51.4 cm³/mol. The van der Waals surface area contributed by atoms with Crippen LogP contribution in [0.4, 0.5) is 0 Å². The van der Waals surface area contributed by atoms with Gasteiger partial charge in [0.1, 0.15) is 19.4 Å². The van der Waals surface area contributed by atoms with Crippen molar-refractivity contribution in [2.45, 2.75) is 6.23 Å². The number of nitrogens with two attached hydrogens (primary N) is 1. The Morgan fingerprint density at radius 3 is 2.71 bits per heavy atom. The molecule has 2 N–H and O–H groups in total. The predicted octanol–water partition coefficient (Wildman–Crippen LogP) is 1.06. The van der Waals surface area contributed by atoms with Crippen molar-refractivity contribution >= 4 is 0 Å². The lowest BCUT2D eigenvalue weighted by atomic mass is 10.1. The van der Waals surface area contributed by atoms with Gasteiger partial charge in [-0.2, -0.15) is 0 Å². The zero-order chi connectivity index (χ0) is 9.97. The molecular formula is C10H13NO3. The Labute approximate surface area is 82.6 Å². The molecule has 1 aromatic carbocycles. The van der Waals surface area contributed by atoms with Crippen LogP contribution in [0.2, 0.25) is 0 Å². The third kappa shape index (κ3) is 1.66. The third-order valence-corrected chi connectivity index (χ3v) is 2.15. The molecule has 14 heavy (non-hydrogen) atoms. The van der Waals surface area contributed by atoms with E-state index in [1.165, 1.54) is 0 Å². The molecule has 4 nitrogen and oxygen atoms in total. The first-order valence-corrected chi connectivity index (χ1v) is 4.49. The maximum atomic E-state index is 5.71.